The first-order valence-corrected chi connectivity index (χ1v) is 9.32. The second kappa shape index (κ2) is 9.71. The lowest BCUT2D eigenvalue weighted by molar-refractivity contribution is -0.121. The highest BCUT2D eigenvalue weighted by Gasteiger charge is 2.07. The topological polar surface area (TPSA) is 76.0 Å². The van der Waals surface area contributed by atoms with Crippen molar-refractivity contribution in [3.05, 3.63) is 89.0 Å². The van der Waals surface area contributed by atoms with Gasteiger partial charge < -0.3 is 15.2 Å². The summed E-state index contributed by atoms with van der Waals surface area (Å²) in [6.07, 6.45) is 5.64. The maximum Gasteiger partial charge on any atom is 0.251 e. The van der Waals surface area contributed by atoms with Crippen LogP contribution in [0.3, 0.4) is 0 Å². The molecule has 3 rings (SSSR count). The quantitative estimate of drug-likeness (QED) is 0.614. The van der Waals surface area contributed by atoms with Gasteiger partial charge in [-0.15, -0.1) is 0 Å². The van der Waals surface area contributed by atoms with Crippen molar-refractivity contribution in [2.75, 3.05) is 6.54 Å². The summed E-state index contributed by atoms with van der Waals surface area (Å²) in [5, 5.41) is 6.18. The fourth-order valence-corrected chi connectivity index (χ4v) is 2.84. The molecule has 2 aromatic carbocycles. The van der Waals surface area contributed by atoms with Gasteiger partial charge in [-0.1, -0.05) is 35.9 Å². The number of benzene rings is 2. The number of hydrogen-bond acceptors (Lipinski definition) is 3. The predicted octanol–water partition coefficient (Wildman–Crippen LogP) is 3.02. The first-order chi connectivity index (χ1) is 13.6. The van der Waals surface area contributed by atoms with Gasteiger partial charge in [-0.05, 0) is 35.4 Å². The normalized spacial score (nSPS) is 10.5. The molecule has 0 fully saturated rings. The van der Waals surface area contributed by atoms with Gasteiger partial charge in [0.25, 0.3) is 5.91 Å². The summed E-state index contributed by atoms with van der Waals surface area (Å²) in [6, 6.07) is 14.7. The minimum atomic E-state index is -0.225. The number of carbonyl (C=O) groups is 2. The van der Waals surface area contributed by atoms with Gasteiger partial charge in [0, 0.05) is 49.0 Å². The molecule has 1 heterocycles. The van der Waals surface area contributed by atoms with Crippen molar-refractivity contribution in [2.24, 2.45) is 0 Å². The second-order valence-corrected chi connectivity index (χ2v) is 6.78. The maximum absolute atomic E-state index is 12.0. The molecule has 144 valence electrons. The van der Waals surface area contributed by atoms with Crippen molar-refractivity contribution in [1.29, 1.82) is 0 Å². The van der Waals surface area contributed by atoms with Gasteiger partial charge in [-0.3, -0.25) is 9.59 Å². The number of amides is 2. The zero-order valence-electron chi connectivity index (χ0n) is 15.3. The van der Waals surface area contributed by atoms with Crippen LogP contribution in [-0.4, -0.2) is 27.9 Å². The van der Waals surface area contributed by atoms with E-state index < -0.39 is 0 Å². The molecule has 6 nitrogen and oxygen atoms in total. The third-order valence-corrected chi connectivity index (χ3v) is 4.40. The van der Waals surface area contributed by atoms with Crippen LogP contribution >= 0.6 is 11.6 Å². The highest BCUT2D eigenvalue weighted by molar-refractivity contribution is 6.30. The smallest absolute Gasteiger partial charge is 0.251 e. The van der Waals surface area contributed by atoms with Crippen molar-refractivity contribution in [2.45, 2.75) is 19.5 Å². The van der Waals surface area contributed by atoms with E-state index in [0.717, 1.165) is 17.7 Å². The van der Waals surface area contributed by atoms with Gasteiger partial charge >= 0.3 is 0 Å². The average Bonchev–Trinajstić information content (AvgIpc) is 3.20. The van der Waals surface area contributed by atoms with Gasteiger partial charge in [-0.25, -0.2) is 4.98 Å². The highest BCUT2D eigenvalue weighted by Crippen LogP contribution is 2.09. The van der Waals surface area contributed by atoms with Crippen LogP contribution < -0.4 is 10.6 Å². The van der Waals surface area contributed by atoms with E-state index in [9.17, 15) is 9.59 Å². The van der Waals surface area contributed by atoms with Crippen LogP contribution in [0.4, 0.5) is 0 Å². The van der Waals surface area contributed by atoms with Crippen LogP contribution in [0.25, 0.3) is 0 Å². The number of aromatic nitrogens is 2. The number of carbonyl (C=O) groups excluding carboxylic acids is 2. The van der Waals surface area contributed by atoms with Gasteiger partial charge in [0.2, 0.25) is 5.91 Å². The van der Waals surface area contributed by atoms with Gasteiger partial charge in [0.15, 0.2) is 0 Å². The Kier molecular flexibility index (Phi) is 6.81. The summed E-state index contributed by atoms with van der Waals surface area (Å²) in [5.41, 5.74) is 2.68. The predicted molar refractivity (Wildman–Crippen MR) is 108 cm³/mol. The minimum absolute atomic E-state index is 0.114. The van der Waals surface area contributed by atoms with Crippen molar-refractivity contribution >= 4 is 23.4 Å². The molecule has 0 saturated carbocycles. The van der Waals surface area contributed by atoms with Crippen LogP contribution in [0.15, 0.2) is 67.3 Å². The molecular weight excluding hydrogens is 376 g/mol. The van der Waals surface area contributed by atoms with E-state index in [1.165, 1.54) is 0 Å². The SMILES string of the molecule is O=C(CCNC(=O)c1ccc(Cl)cc1)NCc1cccc(Cn2ccnc2)c1. The second-order valence-electron chi connectivity index (χ2n) is 6.34. The average molecular weight is 397 g/mol. The fourth-order valence-electron chi connectivity index (χ4n) is 2.71. The number of imidazole rings is 1. The molecule has 2 N–H and O–H groups in total. The van der Waals surface area contributed by atoms with Gasteiger partial charge in [0.1, 0.15) is 0 Å². The number of halogens is 1. The molecule has 28 heavy (non-hydrogen) atoms. The summed E-state index contributed by atoms with van der Waals surface area (Å²) < 4.78 is 1.99. The molecule has 0 bridgehead atoms. The van der Waals surface area contributed by atoms with Crippen LogP contribution in [-0.2, 0) is 17.9 Å². The molecular formula is C21H21ClN4O2. The highest BCUT2D eigenvalue weighted by atomic mass is 35.5. The van der Waals surface area contributed by atoms with Gasteiger partial charge in [-0.2, -0.15) is 0 Å². The molecule has 0 radical (unpaired) electrons. The summed E-state index contributed by atoms with van der Waals surface area (Å²) in [6.45, 7) is 1.45. The molecule has 3 aromatic rings. The summed E-state index contributed by atoms with van der Waals surface area (Å²) in [7, 11) is 0. The molecule has 0 aliphatic carbocycles. The Balaban J connectivity index is 1.40. The van der Waals surface area contributed by atoms with E-state index in [4.69, 9.17) is 11.6 Å². The largest absolute Gasteiger partial charge is 0.352 e. The summed E-state index contributed by atoms with van der Waals surface area (Å²) in [4.78, 5) is 28.1. The fraction of sp³-hybridized carbons (Fsp3) is 0.190. The van der Waals surface area contributed by atoms with E-state index in [1.807, 2.05) is 29.0 Å². The van der Waals surface area contributed by atoms with Crippen molar-refractivity contribution in [1.82, 2.24) is 20.2 Å². The van der Waals surface area contributed by atoms with E-state index in [2.05, 4.69) is 21.7 Å². The van der Waals surface area contributed by atoms with Gasteiger partial charge in [0.05, 0.1) is 6.33 Å². The van der Waals surface area contributed by atoms with E-state index >= 15 is 0 Å². The molecule has 0 saturated heterocycles. The van der Waals surface area contributed by atoms with Crippen molar-refractivity contribution < 1.29 is 9.59 Å². The Bertz CT molecular complexity index is 924. The lowest BCUT2D eigenvalue weighted by Gasteiger charge is -2.09. The molecule has 0 aliphatic rings. The molecule has 1 aromatic heterocycles. The molecule has 7 heteroatoms. The molecule has 0 spiro atoms. The lowest BCUT2D eigenvalue weighted by atomic mass is 10.1. The van der Waals surface area contributed by atoms with Crippen molar-refractivity contribution in [3.8, 4) is 0 Å². The molecule has 2 amide bonds. The van der Waals surface area contributed by atoms with Crippen LogP contribution in [0.1, 0.15) is 27.9 Å². The Morgan fingerprint density at radius 3 is 2.57 bits per heavy atom. The standard InChI is InChI=1S/C21H21ClN4O2/c22-19-6-4-18(5-7-19)21(28)24-9-8-20(27)25-13-16-2-1-3-17(12-16)14-26-11-10-23-15-26/h1-7,10-12,15H,8-9,13-14H2,(H,24,28)(H,25,27). The van der Waals surface area contributed by atoms with E-state index in [1.54, 1.807) is 36.8 Å². The number of hydrogen-bond donors (Lipinski definition) is 2. The third kappa shape index (κ3) is 5.96. The Hall–Kier alpha value is -3.12. The summed E-state index contributed by atoms with van der Waals surface area (Å²) in [5.74, 6) is -0.340. The van der Waals surface area contributed by atoms with Crippen LogP contribution in [0.5, 0.6) is 0 Å². The minimum Gasteiger partial charge on any atom is -0.352 e. The van der Waals surface area contributed by atoms with Crippen molar-refractivity contribution in [3.63, 3.8) is 0 Å². The molecule has 0 atom stereocenters. The zero-order valence-corrected chi connectivity index (χ0v) is 16.0. The number of nitrogens with zero attached hydrogens (tertiary/aromatic N) is 2. The maximum atomic E-state index is 12.0. The van der Waals surface area contributed by atoms with Crippen LogP contribution in [0, 0.1) is 0 Å². The molecule has 0 aliphatic heterocycles. The molecule has 0 unspecified atom stereocenters. The first-order valence-electron chi connectivity index (χ1n) is 8.94. The number of nitrogens with one attached hydrogen (secondary N) is 2. The Morgan fingerprint density at radius 2 is 1.82 bits per heavy atom. The zero-order chi connectivity index (χ0) is 19.8. The van der Waals surface area contributed by atoms with Crippen LogP contribution in [0.2, 0.25) is 5.02 Å². The Labute approximate surface area is 168 Å². The van der Waals surface area contributed by atoms with E-state index in [0.29, 0.717) is 17.1 Å². The first kappa shape index (κ1) is 19.6. The monoisotopic (exact) mass is 396 g/mol. The number of rotatable bonds is 8. The Morgan fingerprint density at radius 1 is 1.04 bits per heavy atom. The lowest BCUT2D eigenvalue weighted by Crippen LogP contribution is -2.30. The van der Waals surface area contributed by atoms with E-state index in [-0.39, 0.29) is 24.8 Å². The third-order valence-electron chi connectivity index (χ3n) is 4.15. The summed E-state index contributed by atoms with van der Waals surface area (Å²) >= 11 is 5.80.